The number of nitrogens with one attached hydrogen (secondary N) is 1. The van der Waals surface area contributed by atoms with Crippen molar-refractivity contribution in [2.75, 3.05) is 56.8 Å². The molecule has 0 aliphatic carbocycles. The first-order valence-corrected chi connectivity index (χ1v) is 11.0. The van der Waals surface area contributed by atoms with Crippen molar-refractivity contribution in [2.45, 2.75) is 13.8 Å². The first-order valence-electron chi connectivity index (χ1n) is 9.11. The van der Waals surface area contributed by atoms with Crippen LogP contribution in [0.2, 0.25) is 0 Å². The van der Waals surface area contributed by atoms with E-state index in [1.807, 2.05) is 18.7 Å². The molecular weight excluding hydrogens is 368 g/mol. The molecule has 8 nitrogen and oxygen atoms in total. The van der Waals surface area contributed by atoms with Gasteiger partial charge in [-0.2, -0.15) is 0 Å². The molecule has 1 aromatic carbocycles. The number of anilines is 1. The number of hydrogen-bond acceptors (Lipinski definition) is 5. The maximum atomic E-state index is 12.8. The molecule has 0 radical (unpaired) electrons. The van der Waals surface area contributed by atoms with Gasteiger partial charge in [-0.25, -0.2) is 8.42 Å². The molecule has 1 fully saturated rings. The van der Waals surface area contributed by atoms with Crippen molar-refractivity contribution < 1.29 is 18.0 Å². The smallest absolute Gasteiger partial charge is 0.256 e. The molecular formula is C18H28N4O4S. The Morgan fingerprint density at radius 2 is 1.67 bits per heavy atom. The second-order valence-electron chi connectivity index (χ2n) is 6.55. The lowest BCUT2D eigenvalue weighted by atomic mass is 10.1. The first kappa shape index (κ1) is 21.2. The van der Waals surface area contributed by atoms with Gasteiger partial charge in [0, 0.05) is 39.3 Å². The molecule has 27 heavy (non-hydrogen) atoms. The molecule has 9 heteroatoms. The van der Waals surface area contributed by atoms with Gasteiger partial charge in [-0.15, -0.1) is 0 Å². The first-order chi connectivity index (χ1) is 12.7. The zero-order valence-electron chi connectivity index (χ0n) is 16.1. The molecule has 150 valence electrons. The number of likely N-dealkylation sites (N-methyl/N-ethyl adjacent to an activating group) is 1. The Bertz CT molecular complexity index is 769. The quantitative estimate of drug-likeness (QED) is 0.732. The van der Waals surface area contributed by atoms with Gasteiger partial charge in [0.05, 0.1) is 24.1 Å². The van der Waals surface area contributed by atoms with Gasteiger partial charge in [-0.3, -0.25) is 19.2 Å². The second-order valence-corrected chi connectivity index (χ2v) is 8.30. The van der Waals surface area contributed by atoms with Gasteiger partial charge in [-0.1, -0.05) is 12.1 Å². The number of sulfonamides is 1. The summed E-state index contributed by atoms with van der Waals surface area (Å²) in [6.07, 6.45) is 1.06. The summed E-state index contributed by atoms with van der Waals surface area (Å²) < 4.78 is 25.4. The minimum absolute atomic E-state index is 0.0995. The predicted molar refractivity (Wildman–Crippen MR) is 105 cm³/mol. The number of piperazine rings is 1. The molecule has 1 aromatic rings. The minimum Gasteiger partial charge on any atom is -0.342 e. The van der Waals surface area contributed by atoms with Crippen molar-refractivity contribution in [3.05, 3.63) is 29.8 Å². The SMILES string of the molecule is CCN(CC)C(=O)CN1CCN(C(=O)c2ccccc2NS(C)(=O)=O)CC1. The van der Waals surface area contributed by atoms with E-state index in [2.05, 4.69) is 4.72 Å². The Hall–Kier alpha value is -2.13. The van der Waals surface area contributed by atoms with Gasteiger partial charge in [0.15, 0.2) is 0 Å². The molecule has 0 spiro atoms. The molecule has 1 aliphatic heterocycles. The van der Waals surface area contributed by atoms with E-state index in [0.717, 1.165) is 6.26 Å². The number of amides is 2. The van der Waals surface area contributed by atoms with Crippen LogP contribution >= 0.6 is 0 Å². The zero-order valence-corrected chi connectivity index (χ0v) is 17.0. The number of hydrogen-bond donors (Lipinski definition) is 1. The summed E-state index contributed by atoms with van der Waals surface area (Å²) in [5, 5.41) is 0. The molecule has 1 heterocycles. The number of nitrogens with zero attached hydrogens (tertiary/aromatic N) is 3. The van der Waals surface area contributed by atoms with Gasteiger partial charge < -0.3 is 9.80 Å². The average Bonchev–Trinajstić information content (AvgIpc) is 2.62. The van der Waals surface area contributed by atoms with Crippen LogP contribution in [-0.4, -0.2) is 87.0 Å². The second kappa shape index (κ2) is 9.18. The van der Waals surface area contributed by atoms with Crippen LogP contribution in [0.5, 0.6) is 0 Å². The van der Waals surface area contributed by atoms with Crippen molar-refractivity contribution in [1.82, 2.24) is 14.7 Å². The van der Waals surface area contributed by atoms with E-state index < -0.39 is 10.0 Å². The Kier molecular flexibility index (Phi) is 7.20. The van der Waals surface area contributed by atoms with Gasteiger partial charge in [0.2, 0.25) is 15.9 Å². The maximum Gasteiger partial charge on any atom is 0.256 e. The normalized spacial score (nSPS) is 15.4. The van der Waals surface area contributed by atoms with E-state index >= 15 is 0 Å². The van der Waals surface area contributed by atoms with Crippen molar-refractivity contribution in [3.8, 4) is 0 Å². The summed E-state index contributed by atoms with van der Waals surface area (Å²) in [4.78, 5) is 30.6. The summed E-state index contributed by atoms with van der Waals surface area (Å²) in [7, 11) is -3.47. The Morgan fingerprint density at radius 3 is 2.22 bits per heavy atom. The fourth-order valence-electron chi connectivity index (χ4n) is 3.11. The van der Waals surface area contributed by atoms with Crippen LogP contribution in [-0.2, 0) is 14.8 Å². The van der Waals surface area contributed by atoms with Crippen LogP contribution in [0.3, 0.4) is 0 Å². The zero-order chi connectivity index (χ0) is 20.0. The van der Waals surface area contributed by atoms with Gasteiger partial charge >= 0.3 is 0 Å². The lowest BCUT2D eigenvalue weighted by Gasteiger charge is -2.35. The number of rotatable bonds is 7. The third kappa shape index (κ3) is 5.93. The predicted octanol–water partition coefficient (Wildman–Crippen LogP) is 0.684. The average molecular weight is 397 g/mol. The monoisotopic (exact) mass is 396 g/mol. The lowest BCUT2D eigenvalue weighted by Crippen LogP contribution is -2.51. The topological polar surface area (TPSA) is 90.0 Å². The van der Waals surface area contributed by atoms with E-state index in [4.69, 9.17) is 0 Å². The maximum absolute atomic E-state index is 12.8. The standard InChI is InChI=1S/C18H28N4O4S/c1-4-21(5-2)17(23)14-20-10-12-22(13-11-20)18(24)15-8-6-7-9-16(15)19-27(3,25)26/h6-9,19H,4-5,10-14H2,1-3H3. The molecule has 2 rings (SSSR count). The van der Waals surface area contributed by atoms with Gasteiger partial charge in [0.25, 0.3) is 5.91 Å². The molecule has 1 aliphatic rings. The molecule has 1 saturated heterocycles. The van der Waals surface area contributed by atoms with E-state index in [0.29, 0.717) is 51.4 Å². The Morgan fingerprint density at radius 1 is 1.07 bits per heavy atom. The van der Waals surface area contributed by atoms with Crippen molar-refractivity contribution in [1.29, 1.82) is 0 Å². The summed E-state index contributed by atoms with van der Waals surface area (Å²) in [5.41, 5.74) is 0.611. The minimum atomic E-state index is -3.47. The Labute approximate surface area is 161 Å². The molecule has 0 bridgehead atoms. The van der Waals surface area contributed by atoms with E-state index in [9.17, 15) is 18.0 Å². The summed E-state index contributed by atoms with van der Waals surface area (Å²) in [5.74, 6) is -0.112. The third-order valence-electron chi connectivity index (χ3n) is 4.59. The van der Waals surface area contributed by atoms with Crippen LogP contribution in [0.1, 0.15) is 24.2 Å². The lowest BCUT2D eigenvalue weighted by molar-refractivity contribution is -0.132. The molecule has 0 aromatic heterocycles. The fourth-order valence-corrected chi connectivity index (χ4v) is 3.68. The summed E-state index contributed by atoms with van der Waals surface area (Å²) in [6, 6.07) is 6.58. The Balaban J connectivity index is 1.99. The highest BCUT2D eigenvalue weighted by Crippen LogP contribution is 2.19. The summed E-state index contributed by atoms with van der Waals surface area (Å²) >= 11 is 0. The van der Waals surface area contributed by atoms with Crippen LogP contribution in [0.4, 0.5) is 5.69 Å². The number of para-hydroxylation sites is 1. The molecule has 0 atom stereocenters. The van der Waals surface area contributed by atoms with Crippen molar-refractivity contribution >= 4 is 27.5 Å². The van der Waals surface area contributed by atoms with Crippen LogP contribution < -0.4 is 4.72 Å². The third-order valence-corrected chi connectivity index (χ3v) is 5.18. The highest BCUT2D eigenvalue weighted by Gasteiger charge is 2.25. The number of benzene rings is 1. The fraction of sp³-hybridized carbons (Fsp3) is 0.556. The highest BCUT2D eigenvalue weighted by atomic mass is 32.2. The van der Waals surface area contributed by atoms with Crippen molar-refractivity contribution in [3.63, 3.8) is 0 Å². The molecule has 0 saturated carbocycles. The van der Waals surface area contributed by atoms with Gasteiger partial charge in [0.1, 0.15) is 0 Å². The van der Waals surface area contributed by atoms with Crippen molar-refractivity contribution in [2.24, 2.45) is 0 Å². The number of carbonyl (C=O) groups excluding carboxylic acids is 2. The number of carbonyl (C=O) groups is 2. The van der Waals surface area contributed by atoms with Crippen LogP contribution in [0, 0.1) is 0 Å². The van der Waals surface area contributed by atoms with Gasteiger partial charge in [-0.05, 0) is 26.0 Å². The van der Waals surface area contributed by atoms with E-state index in [1.54, 1.807) is 34.1 Å². The molecule has 1 N–H and O–H groups in total. The van der Waals surface area contributed by atoms with E-state index in [-0.39, 0.29) is 17.5 Å². The molecule has 2 amide bonds. The van der Waals surface area contributed by atoms with Crippen LogP contribution in [0.25, 0.3) is 0 Å². The molecule has 0 unspecified atom stereocenters. The van der Waals surface area contributed by atoms with Crippen LogP contribution in [0.15, 0.2) is 24.3 Å². The summed E-state index contributed by atoms with van der Waals surface area (Å²) in [6.45, 7) is 7.88. The highest BCUT2D eigenvalue weighted by molar-refractivity contribution is 7.92. The van der Waals surface area contributed by atoms with E-state index in [1.165, 1.54) is 0 Å². The largest absolute Gasteiger partial charge is 0.342 e.